The van der Waals surface area contributed by atoms with Crippen LogP contribution in [0.3, 0.4) is 0 Å². The molecule has 0 spiro atoms. The van der Waals surface area contributed by atoms with E-state index in [4.69, 9.17) is 9.47 Å². The molecule has 0 saturated carbocycles. The van der Waals surface area contributed by atoms with E-state index < -0.39 is 0 Å². The summed E-state index contributed by atoms with van der Waals surface area (Å²) in [6.07, 6.45) is 1.70. The first-order chi connectivity index (χ1) is 13.2. The second kappa shape index (κ2) is 11.1. The molecule has 1 aliphatic heterocycles. The van der Waals surface area contributed by atoms with Crippen molar-refractivity contribution in [3.05, 3.63) is 58.9 Å². The van der Waals surface area contributed by atoms with Crippen LogP contribution in [0.25, 0.3) is 0 Å². The van der Waals surface area contributed by atoms with Crippen LogP contribution < -0.4 is 20.1 Å². The van der Waals surface area contributed by atoms with E-state index in [0.717, 1.165) is 47.0 Å². The number of ether oxygens (including phenoxy) is 2. The van der Waals surface area contributed by atoms with Crippen LogP contribution in [-0.4, -0.2) is 32.8 Å². The van der Waals surface area contributed by atoms with Gasteiger partial charge in [0.25, 0.3) is 0 Å². The maximum absolute atomic E-state index is 13.2. The Bertz CT molecular complexity index is 814. The monoisotopic (exact) mass is 499 g/mol. The summed E-state index contributed by atoms with van der Waals surface area (Å²) in [4.78, 5) is 4.25. The molecule has 0 unspecified atom stereocenters. The summed E-state index contributed by atoms with van der Waals surface area (Å²) in [5.41, 5.74) is 3.19. The first-order valence-electron chi connectivity index (χ1n) is 9.24. The van der Waals surface area contributed by atoms with Crippen molar-refractivity contribution in [1.82, 2.24) is 10.6 Å². The molecule has 2 aromatic carbocycles. The van der Waals surface area contributed by atoms with Crippen molar-refractivity contribution in [2.75, 3.05) is 26.8 Å². The lowest BCUT2D eigenvalue weighted by Gasteiger charge is -2.14. The van der Waals surface area contributed by atoms with Gasteiger partial charge in [-0.1, -0.05) is 12.1 Å². The Morgan fingerprint density at radius 1 is 1.07 bits per heavy atom. The van der Waals surface area contributed by atoms with Crippen LogP contribution in [0, 0.1) is 12.7 Å². The van der Waals surface area contributed by atoms with Crippen molar-refractivity contribution in [3.63, 3.8) is 0 Å². The van der Waals surface area contributed by atoms with E-state index >= 15 is 0 Å². The largest absolute Gasteiger partial charge is 0.490 e. The molecule has 0 aromatic heterocycles. The molecule has 2 aromatic rings. The minimum absolute atomic E-state index is 0. The molecule has 7 heteroatoms. The molecule has 28 heavy (non-hydrogen) atoms. The molecule has 1 heterocycles. The molecule has 5 nitrogen and oxygen atoms in total. The minimum Gasteiger partial charge on any atom is -0.490 e. The summed E-state index contributed by atoms with van der Waals surface area (Å²) < 4.78 is 24.6. The van der Waals surface area contributed by atoms with E-state index in [-0.39, 0.29) is 29.8 Å². The number of halogens is 2. The number of aliphatic imine (C=N–C) groups is 1. The highest BCUT2D eigenvalue weighted by Crippen LogP contribution is 2.30. The average Bonchev–Trinajstić information content (AvgIpc) is 2.91. The molecule has 0 fully saturated rings. The number of hydrogen-bond donors (Lipinski definition) is 2. The molecule has 0 amide bonds. The molecule has 0 saturated heterocycles. The zero-order valence-electron chi connectivity index (χ0n) is 16.3. The summed E-state index contributed by atoms with van der Waals surface area (Å²) in [5, 5.41) is 6.59. The first-order valence-corrected chi connectivity index (χ1v) is 9.24. The van der Waals surface area contributed by atoms with Crippen LogP contribution in [0.2, 0.25) is 0 Å². The molecule has 3 rings (SSSR count). The van der Waals surface area contributed by atoms with Crippen molar-refractivity contribution < 1.29 is 13.9 Å². The summed E-state index contributed by atoms with van der Waals surface area (Å²) in [5.74, 6) is 2.12. The number of hydrogen-bond acceptors (Lipinski definition) is 3. The Labute approximate surface area is 182 Å². The van der Waals surface area contributed by atoms with Crippen molar-refractivity contribution >= 4 is 29.9 Å². The normalized spacial score (nSPS) is 13.3. The predicted molar refractivity (Wildman–Crippen MR) is 121 cm³/mol. The smallest absolute Gasteiger partial charge is 0.191 e. The molecule has 1 aliphatic rings. The maximum atomic E-state index is 13.2. The van der Waals surface area contributed by atoms with Crippen molar-refractivity contribution in [3.8, 4) is 11.5 Å². The molecule has 0 aliphatic carbocycles. The molecular formula is C21H27FIN3O2. The van der Waals surface area contributed by atoms with E-state index in [9.17, 15) is 4.39 Å². The standard InChI is InChI=1S/C21H26FN3O2.HI/c1-15-12-18(22)6-5-17(15)8-9-24-21(23-2)25-14-16-4-7-19-20(13-16)27-11-3-10-26-19;/h4-7,12-13H,3,8-11,14H2,1-2H3,(H2,23,24,25);1H. The highest BCUT2D eigenvalue weighted by atomic mass is 127. The fourth-order valence-electron chi connectivity index (χ4n) is 2.98. The van der Waals surface area contributed by atoms with Gasteiger partial charge < -0.3 is 20.1 Å². The van der Waals surface area contributed by atoms with Crippen LogP contribution in [0.5, 0.6) is 11.5 Å². The lowest BCUT2D eigenvalue weighted by atomic mass is 10.1. The van der Waals surface area contributed by atoms with E-state index in [2.05, 4.69) is 15.6 Å². The Morgan fingerprint density at radius 2 is 1.86 bits per heavy atom. The minimum atomic E-state index is -0.197. The molecule has 0 bridgehead atoms. The molecule has 2 N–H and O–H groups in total. The van der Waals surface area contributed by atoms with Gasteiger partial charge in [0.05, 0.1) is 13.2 Å². The van der Waals surface area contributed by atoms with Gasteiger partial charge in [0.1, 0.15) is 5.82 Å². The molecule has 152 valence electrons. The first kappa shape index (κ1) is 22.3. The summed E-state index contributed by atoms with van der Waals surface area (Å²) in [6, 6.07) is 10.9. The van der Waals surface area contributed by atoms with Gasteiger partial charge in [-0.15, -0.1) is 24.0 Å². The zero-order chi connectivity index (χ0) is 19.1. The van der Waals surface area contributed by atoms with Crippen molar-refractivity contribution in [1.29, 1.82) is 0 Å². The van der Waals surface area contributed by atoms with E-state index in [1.54, 1.807) is 13.1 Å². The maximum Gasteiger partial charge on any atom is 0.191 e. The fourth-order valence-corrected chi connectivity index (χ4v) is 2.98. The molecule has 0 atom stereocenters. The van der Waals surface area contributed by atoms with Crippen LogP contribution >= 0.6 is 24.0 Å². The van der Waals surface area contributed by atoms with Crippen molar-refractivity contribution in [2.45, 2.75) is 26.3 Å². The second-order valence-corrected chi connectivity index (χ2v) is 6.50. The van der Waals surface area contributed by atoms with Gasteiger partial charge in [-0.3, -0.25) is 4.99 Å². The number of nitrogens with zero attached hydrogens (tertiary/aromatic N) is 1. The van der Waals surface area contributed by atoms with Crippen LogP contribution in [0.1, 0.15) is 23.1 Å². The van der Waals surface area contributed by atoms with Crippen LogP contribution in [-0.2, 0) is 13.0 Å². The van der Waals surface area contributed by atoms with E-state index in [0.29, 0.717) is 26.3 Å². The highest BCUT2D eigenvalue weighted by Gasteiger charge is 2.10. The summed E-state index contributed by atoms with van der Waals surface area (Å²) in [6.45, 7) is 4.64. The number of guanidine groups is 1. The third-order valence-electron chi connectivity index (χ3n) is 4.49. The summed E-state index contributed by atoms with van der Waals surface area (Å²) in [7, 11) is 1.74. The lowest BCUT2D eigenvalue weighted by Crippen LogP contribution is -2.37. The average molecular weight is 499 g/mol. The molecular weight excluding hydrogens is 472 g/mol. The number of nitrogens with one attached hydrogen (secondary N) is 2. The number of benzene rings is 2. The van der Waals surface area contributed by atoms with Gasteiger partial charge in [0.15, 0.2) is 17.5 Å². The van der Waals surface area contributed by atoms with Gasteiger partial charge in [-0.05, 0) is 54.3 Å². The van der Waals surface area contributed by atoms with E-state index in [1.807, 2.05) is 31.2 Å². The Balaban J connectivity index is 0.00000280. The van der Waals surface area contributed by atoms with E-state index in [1.165, 1.54) is 6.07 Å². The highest BCUT2D eigenvalue weighted by molar-refractivity contribution is 14.0. The number of aryl methyl sites for hydroxylation is 1. The number of rotatable bonds is 5. The zero-order valence-corrected chi connectivity index (χ0v) is 18.6. The fraction of sp³-hybridized carbons (Fsp3) is 0.381. The van der Waals surface area contributed by atoms with Crippen LogP contribution in [0.15, 0.2) is 41.4 Å². The van der Waals surface area contributed by atoms with Gasteiger partial charge in [0.2, 0.25) is 0 Å². The van der Waals surface area contributed by atoms with Gasteiger partial charge in [-0.25, -0.2) is 4.39 Å². The lowest BCUT2D eigenvalue weighted by molar-refractivity contribution is 0.297. The van der Waals surface area contributed by atoms with Gasteiger partial charge in [0, 0.05) is 26.6 Å². The third kappa shape index (κ3) is 6.25. The van der Waals surface area contributed by atoms with Crippen LogP contribution in [0.4, 0.5) is 4.39 Å². The Morgan fingerprint density at radius 3 is 2.61 bits per heavy atom. The topological polar surface area (TPSA) is 54.9 Å². The Kier molecular flexibility index (Phi) is 8.82. The van der Waals surface area contributed by atoms with Gasteiger partial charge in [-0.2, -0.15) is 0 Å². The molecule has 0 radical (unpaired) electrons. The SMILES string of the molecule is CN=C(NCCc1ccc(F)cc1C)NCc1ccc2c(c1)OCCCO2.I. The quantitative estimate of drug-likeness (QED) is 0.373. The van der Waals surface area contributed by atoms with Gasteiger partial charge >= 0.3 is 0 Å². The summed E-state index contributed by atoms with van der Waals surface area (Å²) >= 11 is 0. The van der Waals surface area contributed by atoms with Crippen molar-refractivity contribution in [2.24, 2.45) is 4.99 Å². The number of fused-ring (bicyclic) bond motifs is 1. The predicted octanol–water partition coefficient (Wildman–Crippen LogP) is 3.82. The third-order valence-corrected chi connectivity index (χ3v) is 4.49. The second-order valence-electron chi connectivity index (χ2n) is 6.50. The Hall–Kier alpha value is -2.03.